The number of carbonyl (C=O) groups is 2. The monoisotopic (exact) mass is 454 g/mol. The first kappa shape index (κ1) is 23.8. The maximum Gasteiger partial charge on any atom is 0.330 e. The molecule has 180 valence electrons. The lowest BCUT2D eigenvalue weighted by atomic mass is 9.76. The van der Waals surface area contributed by atoms with Crippen molar-refractivity contribution in [2.45, 2.75) is 52.9 Å². The third kappa shape index (κ3) is 5.28. The zero-order valence-electron chi connectivity index (χ0n) is 20.4. The Morgan fingerprint density at radius 1 is 0.970 bits per heavy atom. The maximum atomic E-state index is 12.4. The van der Waals surface area contributed by atoms with Crippen LogP contribution in [0.4, 0.5) is 0 Å². The van der Waals surface area contributed by atoms with Crippen LogP contribution in [0.5, 0.6) is 5.75 Å². The summed E-state index contributed by atoms with van der Waals surface area (Å²) in [5.41, 5.74) is 0.540. The molecule has 4 rings (SSSR count). The smallest absolute Gasteiger partial charge is 0.330 e. The zero-order chi connectivity index (χ0) is 23.6. The highest BCUT2D eigenvalue weighted by atomic mass is 16.5. The van der Waals surface area contributed by atoms with Gasteiger partial charge in [0.2, 0.25) is 0 Å². The Hall–Kier alpha value is -2.30. The third-order valence-corrected chi connectivity index (χ3v) is 8.56. The van der Waals surface area contributed by atoms with E-state index in [1.165, 1.54) is 18.9 Å². The van der Waals surface area contributed by atoms with Crippen LogP contribution < -0.4 is 4.74 Å². The van der Waals surface area contributed by atoms with Crippen LogP contribution in [0.1, 0.15) is 58.4 Å². The highest BCUT2D eigenvalue weighted by Gasteiger charge is 2.56. The summed E-state index contributed by atoms with van der Waals surface area (Å²) >= 11 is 0. The van der Waals surface area contributed by atoms with Gasteiger partial charge in [-0.15, -0.1) is 0 Å². The van der Waals surface area contributed by atoms with Crippen LogP contribution >= 0.6 is 0 Å². The second-order valence-electron chi connectivity index (χ2n) is 10.9. The number of carbonyl (C=O) groups excluding carboxylic acids is 2. The van der Waals surface area contributed by atoms with E-state index >= 15 is 0 Å². The minimum Gasteiger partial charge on any atom is -0.497 e. The molecule has 3 saturated carbocycles. The molecular weight excluding hydrogens is 416 g/mol. The van der Waals surface area contributed by atoms with Crippen molar-refractivity contribution in [1.82, 2.24) is 0 Å². The molecule has 0 saturated heterocycles. The van der Waals surface area contributed by atoms with E-state index in [9.17, 15) is 9.59 Å². The third-order valence-electron chi connectivity index (χ3n) is 8.56. The highest BCUT2D eigenvalue weighted by molar-refractivity contribution is 5.87. The van der Waals surface area contributed by atoms with Crippen LogP contribution in [-0.2, 0) is 19.1 Å². The maximum absolute atomic E-state index is 12.4. The molecule has 1 aromatic carbocycles. The summed E-state index contributed by atoms with van der Waals surface area (Å²) < 4.78 is 16.5. The molecule has 33 heavy (non-hydrogen) atoms. The molecule has 6 unspecified atom stereocenters. The van der Waals surface area contributed by atoms with Gasteiger partial charge in [0.1, 0.15) is 5.75 Å². The average Bonchev–Trinajstić information content (AvgIpc) is 3.52. The van der Waals surface area contributed by atoms with Crippen molar-refractivity contribution in [3.05, 3.63) is 35.9 Å². The molecule has 0 amide bonds. The topological polar surface area (TPSA) is 61.8 Å². The SMILES string of the molecule is CCC(C)(C)C(=O)OCC1CC2CC1C1CC(COC(=O)/C=C/c3ccc(OC)cc3)CC21. The number of esters is 2. The normalized spacial score (nSPS) is 30.4. The number of benzene rings is 1. The number of fused-ring (bicyclic) bond motifs is 5. The molecule has 3 aliphatic rings. The van der Waals surface area contributed by atoms with Crippen LogP contribution in [0.2, 0.25) is 0 Å². The minimum atomic E-state index is -0.399. The molecule has 0 aromatic heterocycles. The van der Waals surface area contributed by atoms with E-state index in [4.69, 9.17) is 14.2 Å². The van der Waals surface area contributed by atoms with Crippen LogP contribution in [0, 0.1) is 40.9 Å². The Balaban J connectivity index is 1.22. The first-order valence-corrected chi connectivity index (χ1v) is 12.5. The van der Waals surface area contributed by atoms with Gasteiger partial charge in [-0.3, -0.25) is 4.79 Å². The number of methoxy groups -OCH3 is 1. The van der Waals surface area contributed by atoms with E-state index in [1.807, 2.05) is 45.0 Å². The number of hydrogen-bond acceptors (Lipinski definition) is 5. The number of rotatable bonds is 9. The predicted molar refractivity (Wildman–Crippen MR) is 127 cm³/mol. The van der Waals surface area contributed by atoms with Crippen molar-refractivity contribution in [3.63, 3.8) is 0 Å². The van der Waals surface area contributed by atoms with Gasteiger partial charge < -0.3 is 14.2 Å². The van der Waals surface area contributed by atoms with Gasteiger partial charge >= 0.3 is 11.9 Å². The molecule has 5 nitrogen and oxygen atoms in total. The lowest BCUT2D eigenvalue weighted by molar-refractivity contribution is -0.156. The van der Waals surface area contributed by atoms with E-state index in [-0.39, 0.29) is 11.9 Å². The average molecular weight is 455 g/mol. The first-order chi connectivity index (χ1) is 15.8. The molecule has 0 N–H and O–H groups in total. The predicted octanol–water partition coefficient (Wildman–Crippen LogP) is 5.53. The molecule has 0 spiro atoms. The molecular formula is C28H38O5. The second kappa shape index (κ2) is 9.90. The Kier molecular flexibility index (Phi) is 7.16. The summed E-state index contributed by atoms with van der Waals surface area (Å²) in [4.78, 5) is 24.6. The molecule has 0 radical (unpaired) electrons. The van der Waals surface area contributed by atoms with Crippen molar-refractivity contribution >= 4 is 18.0 Å². The summed E-state index contributed by atoms with van der Waals surface area (Å²) in [5, 5.41) is 0. The molecule has 0 aliphatic heterocycles. The number of ether oxygens (including phenoxy) is 3. The van der Waals surface area contributed by atoms with E-state index in [1.54, 1.807) is 13.2 Å². The van der Waals surface area contributed by atoms with Crippen LogP contribution in [0.3, 0.4) is 0 Å². The molecule has 5 heteroatoms. The number of hydrogen-bond donors (Lipinski definition) is 0. The highest BCUT2D eigenvalue weighted by Crippen LogP contribution is 2.62. The van der Waals surface area contributed by atoms with Gasteiger partial charge in [0, 0.05) is 6.08 Å². The van der Waals surface area contributed by atoms with Gasteiger partial charge in [0.15, 0.2) is 0 Å². The molecule has 6 atom stereocenters. The van der Waals surface area contributed by atoms with Gasteiger partial charge in [-0.25, -0.2) is 4.79 Å². The Labute approximate surface area is 197 Å². The van der Waals surface area contributed by atoms with Gasteiger partial charge in [-0.2, -0.15) is 0 Å². The summed E-state index contributed by atoms with van der Waals surface area (Å²) in [7, 11) is 1.63. The standard InChI is InChI=1S/C28H38O5/c1-5-28(2,3)27(30)33-17-21-14-20-15-24(21)25-13-19(12-23(20)25)16-32-26(29)11-8-18-6-9-22(31-4)10-7-18/h6-11,19-21,23-25H,5,12-17H2,1-4H3/b11-8+. The van der Waals surface area contributed by atoms with E-state index < -0.39 is 5.41 Å². The quantitative estimate of drug-likeness (QED) is 0.363. The molecule has 0 heterocycles. The van der Waals surface area contributed by atoms with Crippen molar-refractivity contribution in [2.75, 3.05) is 20.3 Å². The summed E-state index contributed by atoms with van der Waals surface area (Å²) in [6.07, 6.45) is 8.83. The van der Waals surface area contributed by atoms with Crippen LogP contribution in [0.25, 0.3) is 6.08 Å². The molecule has 1 aromatic rings. The van der Waals surface area contributed by atoms with Crippen LogP contribution in [0.15, 0.2) is 30.3 Å². The molecule has 2 bridgehead atoms. The van der Waals surface area contributed by atoms with E-state index in [0.717, 1.165) is 42.4 Å². The first-order valence-electron chi connectivity index (χ1n) is 12.5. The lowest BCUT2D eigenvalue weighted by Gasteiger charge is -2.32. The minimum absolute atomic E-state index is 0.0665. The van der Waals surface area contributed by atoms with E-state index in [2.05, 4.69) is 0 Å². The van der Waals surface area contributed by atoms with E-state index in [0.29, 0.717) is 36.9 Å². The van der Waals surface area contributed by atoms with Crippen molar-refractivity contribution < 1.29 is 23.8 Å². The molecule has 3 aliphatic carbocycles. The lowest BCUT2D eigenvalue weighted by Crippen LogP contribution is -2.31. The largest absolute Gasteiger partial charge is 0.497 e. The fourth-order valence-corrected chi connectivity index (χ4v) is 6.30. The summed E-state index contributed by atoms with van der Waals surface area (Å²) in [6.45, 7) is 7.03. The van der Waals surface area contributed by atoms with Crippen molar-refractivity contribution in [1.29, 1.82) is 0 Å². The second-order valence-corrected chi connectivity index (χ2v) is 10.9. The van der Waals surface area contributed by atoms with Gasteiger partial charge in [0.05, 0.1) is 25.7 Å². The Bertz CT molecular complexity index is 871. The summed E-state index contributed by atoms with van der Waals surface area (Å²) in [6, 6.07) is 7.56. The summed E-state index contributed by atoms with van der Waals surface area (Å²) in [5.74, 6) is 4.26. The fraction of sp³-hybridized carbons (Fsp3) is 0.643. The Morgan fingerprint density at radius 2 is 1.70 bits per heavy atom. The van der Waals surface area contributed by atoms with Gasteiger partial charge in [0.25, 0.3) is 0 Å². The Morgan fingerprint density at radius 3 is 2.39 bits per heavy atom. The zero-order valence-corrected chi connectivity index (χ0v) is 20.4. The van der Waals surface area contributed by atoms with Crippen LogP contribution in [-0.4, -0.2) is 32.3 Å². The van der Waals surface area contributed by atoms with Gasteiger partial charge in [-0.1, -0.05) is 19.1 Å². The van der Waals surface area contributed by atoms with Gasteiger partial charge in [-0.05, 0) is 105 Å². The van der Waals surface area contributed by atoms with Crippen molar-refractivity contribution in [3.8, 4) is 5.75 Å². The van der Waals surface area contributed by atoms with Crippen molar-refractivity contribution in [2.24, 2.45) is 40.9 Å². The molecule has 3 fully saturated rings. The fourth-order valence-electron chi connectivity index (χ4n) is 6.30.